The predicted molar refractivity (Wildman–Crippen MR) is 77.6 cm³/mol. The first-order valence-electron chi connectivity index (χ1n) is 5.63. The van der Waals surface area contributed by atoms with Crippen molar-refractivity contribution >= 4 is 43.5 Å². The molecule has 1 heterocycles. The molecule has 0 bridgehead atoms. The van der Waals surface area contributed by atoms with Gasteiger partial charge in [0, 0.05) is 26.2 Å². The molecule has 0 aliphatic rings. The summed E-state index contributed by atoms with van der Waals surface area (Å²) in [5, 5.41) is 2.48. The quantitative estimate of drug-likeness (QED) is 0.697. The molecule has 3 heteroatoms. The SMILES string of the molecule is NC(=O)C=Cc1ccc2sc3ccccc3c2c1. The standard InChI is InChI=1S/C15H11NOS/c16-15(17)8-6-10-5-7-14-12(9-10)11-3-1-2-4-13(11)18-14/h1-9H,(H2,16,17). The molecular weight excluding hydrogens is 242 g/mol. The maximum Gasteiger partial charge on any atom is 0.241 e. The van der Waals surface area contributed by atoms with Gasteiger partial charge >= 0.3 is 0 Å². The summed E-state index contributed by atoms with van der Waals surface area (Å²) in [5.74, 6) is -0.426. The van der Waals surface area contributed by atoms with Gasteiger partial charge < -0.3 is 5.73 Å². The molecule has 88 valence electrons. The van der Waals surface area contributed by atoms with E-state index in [1.807, 2.05) is 18.2 Å². The van der Waals surface area contributed by atoms with E-state index in [0.717, 1.165) is 5.56 Å². The molecule has 0 aliphatic heterocycles. The van der Waals surface area contributed by atoms with Crippen molar-refractivity contribution in [3.05, 3.63) is 54.1 Å². The lowest BCUT2D eigenvalue weighted by Gasteiger charge is -1.95. The van der Waals surface area contributed by atoms with E-state index >= 15 is 0 Å². The fraction of sp³-hybridized carbons (Fsp3) is 0. The first-order chi connectivity index (χ1) is 8.74. The van der Waals surface area contributed by atoms with Crippen LogP contribution in [0.15, 0.2) is 48.5 Å². The summed E-state index contributed by atoms with van der Waals surface area (Å²) in [6, 6.07) is 14.5. The number of nitrogens with two attached hydrogens (primary N) is 1. The van der Waals surface area contributed by atoms with Crippen molar-refractivity contribution in [1.29, 1.82) is 0 Å². The lowest BCUT2D eigenvalue weighted by Crippen LogP contribution is -2.04. The van der Waals surface area contributed by atoms with E-state index < -0.39 is 5.91 Å². The smallest absolute Gasteiger partial charge is 0.241 e. The monoisotopic (exact) mass is 253 g/mol. The Kier molecular flexibility index (Phi) is 2.61. The average molecular weight is 253 g/mol. The molecule has 0 saturated heterocycles. The van der Waals surface area contributed by atoms with Crippen molar-refractivity contribution in [3.63, 3.8) is 0 Å². The van der Waals surface area contributed by atoms with Crippen molar-refractivity contribution in [3.8, 4) is 0 Å². The van der Waals surface area contributed by atoms with Crippen LogP contribution in [-0.4, -0.2) is 5.91 Å². The highest BCUT2D eigenvalue weighted by Gasteiger charge is 2.03. The molecule has 0 radical (unpaired) electrons. The number of primary amides is 1. The van der Waals surface area contributed by atoms with Gasteiger partial charge in [0.2, 0.25) is 5.91 Å². The van der Waals surface area contributed by atoms with Gasteiger partial charge in [-0.05, 0) is 29.8 Å². The highest BCUT2D eigenvalue weighted by Crippen LogP contribution is 2.34. The average Bonchev–Trinajstić information content (AvgIpc) is 2.74. The Morgan fingerprint density at radius 2 is 1.83 bits per heavy atom. The fourth-order valence-corrected chi connectivity index (χ4v) is 3.11. The van der Waals surface area contributed by atoms with Gasteiger partial charge in [-0.1, -0.05) is 24.3 Å². The molecule has 0 unspecified atom stereocenters. The number of carbonyl (C=O) groups is 1. The number of fused-ring (bicyclic) bond motifs is 3. The molecular formula is C15H11NOS. The Labute approximate surface area is 108 Å². The first kappa shape index (κ1) is 11.0. The zero-order valence-electron chi connectivity index (χ0n) is 9.59. The second kappa shape index (κ2) is 4.27. The molecule has 3 aromatic rings. The second-order valence-electron chi connectivity index (χ2n) is 4.09. The summed E-state index contributed by atoms with van der Waals surface area (Å²) in [7, 11) is 0. The Hall–Kier alpha value is -2.13. The van der Waals surface area contributed by atoms with Gasteiger partial charge in [0.05, 0.1) is 0 Å². The molecule has 18 heavy (non-hydrogen) atoms. The molecule has 0 spiro atoms. The van der Waals surface area contributed by atoms with Crippen LogP contribution in [-0.2, 0) is 4.79 Å². The molecule has 1 aromatic heterocycles. The third kappa shape index (κ3) is 1.89. The highest BCUT2D eigenvalue weighted by molar-refractivity contribution is 7.25. The zero-order chi connectivity index (χ0) is 12.5. The largest absolute Gasteiger partial charge is 0.366 e. The van der Waals surface area contributed by atoms with Crippen LogP contribution in [0.5, 0.6) is 0 Å². The Morgan fingerprint density at radius 3 is 2.67 bits per heavy atom. The number of benzene rings is 2. The van der Waals surface area contributed by atoms with Crippen LogP contribution in [0.25, 0.3) is 26.2 Å². The molecule has 2 aromatic carbocycles. The molecule has 0 aliphatic carbocycles. The van der Waals surface area contributed by atoms with E-state index in [1.54, 1.807) is 17.4 Å². The summed E-state index contributed by atoms with van der Waals surface area (Å²) in [4.78, 5) is 10.7. The van der Waals surface area contributed by atoms with Crippen molar-refractivity contribution < 1.29 is 4.79 Å². The van der Waals surface area contributed by atoms with Crippen LogP contribution in [0.1, 0.15) is 5.56 Å². The maximum absolute atomic E-state index is 10.7. The van der Waals surface area contributed by atoms with Crippen LogP contribution in [0.2, 0.25) is 0 Å². The molecule has 0 saturated carbocycles. The second-order valence-corrected chi connectivity index (χ2v) is 5.17. The lowest BCUT2D eigenvalue weighted by molar-refractivity contribution is -0.113. The fourth-order valence-electron chi connectivity index (χ4n) is 2.03. The number of thiophene rings is 1. The molecule has 2 N–H and O–H groups in total. The van der Waals surface area contributed by atoms with Gasteiger partial charge in [-0.15, -0.1) is 11.3 Å². The van der Waals surface area contributed by atoms with Gasteiger partial charge in [0.25, 0.3) is 0 Å². The normalized spacial score (nSPS) is 11.6. The third-order valence-corrected chi connectivity index (χ3v) is 3.99. The van der Waals surface area contributed by atoms with E-state index in [0.29, 0.717) is 0 Å². The Morgan fingerprint density at radius 1 is 1.06 bits per heavy atom. The first-order valence-corrected chi connectivity index (χ1v) is 6.44. The summed E-state index contributed by atoms with van der Waals surface area (Å²) in [5.41, 5.74) is 6.09. The highest BCUT2D eigenvalue weighted by atomic mass is 32.1. The van der Waals surface area contributed by atoms with Crippen molar-refractivity contribution in [2.45, 2.75) is 0 Å². The van der Waals surface area contributed by atoms with E-state index in [4.69, 9.17) is 5.73 Å². The Bertz CT molecular complexity index is 770. The number of hydrogen-bond donors (Lipinski definition) is 1. The van der Waals surface area contributed by atoms with Crippen LogP contribution in [0.3, 0.4) is 0 Å². The third-order valence-electron chi connectivity index (χ3n) is 2.84. The van der Waals surface area contributed by atoms with Crippen LogP contribution in [0, 0.1) is 0 Å². The van der Waals surface area contributed by atoms with E-state index in [2.05, 4.69) is 24.3 Å². The number of rotatable bonds is 2. The minimum absolute atomic E-state index is 0.426. The topological polar surface area (TPSA) is 43.1 Å². The predicted octanol–water partition coefficient (Wildman–Crippen LogP) is 3.55. The number of carbonyl (C=O) groups excluding carboxylic acids is 1. The summed E-state index contributed by atoms with van der Waals surface area (Å²) in [6.07, 6.45) is 3.13. The van der Waals surface area contributed by atoms with Crippen LogP contribution in [0.4, 0.5) is 0 Å². The van der Waals surface area contributed by atoms with Crippen molar-refractivity contribution in [2.75, 3.05) is 0 Å². The lowest BCUT2D eigenvalue weighted by atomic mass is 10.1. The van der Waals surface area contributed by atoms with Crippen LogP contribution >= 0.6 is 11.3 Å². The summed E-state index contributed by atoms with van der Waals surface area (Å²) >= 11 is 1.78. The van der Waals surface area contributed by atoms with Gasteiger partial charge in [0.15, 0.2) is 0 Å². The summed E-state index contributed by atoms with van der Waals surface area (Å²) in [6.45, 7) is 0. The van der Waals surface area contributed by atoms with Crippen LogP contribution < -0.4 is 5.73 Å². The van der Waals surface area contributed by atoms with E-state index in [-0.39, 0.29) is 0 Å². The van der Waals surface area contributed by atoms with E-state index in [1.165, 1.54) is 26.2 Å². The van der Waals surface area contributed by atoms with Gasteiger partial charge in [0.1, 0.15) is 0 Å². The molecule has 0 atom stereocenters. The molecule has 3 rings (SSSR count). The Balaban J connectivity index is 2.21. The minimum Gasteiger partial charge on any atom is -0.366 e. The minimum atomic E-state index is -0.426. The maximum atomic E-state index is 10.7. The van der Waals surface area contributed by atoms with Gasteiger partial charge in [-0.2, -0.15) is 0 Å². The molecule has 0 fully saturated rings. The van der Waals surface area contributed by atoms with Crippen molar-refractivity contribution in [1.82, 2.24) is 0 Å². The van der Waals surface area contributed by atoms with Crippen molar-refractivity contribution in [2.24, 2.45) is 5.73 Å². The molecule has 2 nitrogen and oxygen atoms in total. The summed E-state index contributed by atoms with van der Waals surface area (Å²) < 4.78 is 2.54. The number of hydrogen-bond acceptors (Lipinski definition) is 2. The number of amides is 1. The van der Waals surface area contributed by atoms with E-state index in [9.17, 15) is 4.79 Å². The van der Waals surface area contributed by atoms with Gasteiger partial charge in [-0.25, -0.2) is 0 Å². The zero-order valence-corrected chi connectivity index (χ0v) is 10.4. The van der Waals surface area contributed by atoms with Gasteiger partial charge in [-0.3, -0.25) is 4.79 Å². The molecule has 1 amide bonds.